The van der Waals surface area contributed by atoms with E-state index in [-0.39, 0.29) is 0 Å². The standard InChI is InChI=1S/C12H18Si/c1-5-11(2)13(3,4)12-9-7-6-8-10-12/h5-10H,1-4H3. The lowest BCUT2D eigenvalue weighted by atomic mass is 10.4. The quantitative estimate of drug-likeness (QED) is 0.629. The van der Waals surface area contributed by atoms with E-state index in [1.54, 1.807) is 5.20 Å². The van der Waals surface area contributed by atoms with Gasteiger partial charge in [-0.25, -0.2) is 0 Å². The Bertz CT molecular complexity index is 296. The molecule has 1 rings (SSSR count). The summed E-state index contributed by atoms with van der Waals surface area (Å²) >= 11 is 0. The van der Waals surface area contributed by atoms with E-state index in [4.69, 9.17) is 0 Å². The lowest BCUT2D eigenvalue weighted by molar-refractivity contribution is 1.50. The van der Waals surface area contributed by atoms with Gasteiger partial charge in [0.25, 0.3) is 0 Å². The summed E-state index contributed by atoms with van der Waals surface area (Å²) in [6.45, 7) is 9.18. The molecule has 0 nitrogen and oxygen atoms in total. The maximum atomic E-state index is 2.40. The molecule has 0 atom stereocenters. The first-order chi connectivity index (χ1) is 6.09. The van der Waals surface area contributed by atoms with Crippen molar-refractivity contribution in [1.82, 2.24) is 0 Å². The largest absolute Gasteiger partial charge is 0.106 e. The Kier molecular flexibility index (Phi) is 3.10. The zero-order valence-corrected chi connectivity index (χ0v) is 9.96. The van der Waals surface area contributed by atoms with Crippen LogP contribution < -0.4 is 5.19 Å². The van der Waals surface area contributed by atoms with Crippen molar-refractivity contribution < 1.29 is 0 Å². The van der Waals surface area contributed by atoms with Gasteiger partial charge in [-0.15, -0.1) is 0 Å². The Morgan fingerprint density at radius 1 is 1.15 bits per heavy atom. The van der Waals surface area contributed by atoms with Crippen molar-refractivity contribution in [2.75, 3.05) is 0 Å². The van der Waals surface area contributed by atoms with E-state index in [0.29, 0.717) is 0 Å². The maximum Gasteiger partial charge on any atom is 0.106 e. The first kappa shape index (κ1) is 10.3. The van der Waals surface area contributed by atoms with Crippen LogP contribution in [0.15, 0.2) is 41.6 Å². The van der Waals surface area contributed by atoms with Crippen LogP contribution in [0, 0.1) is 0 Å². The summed E-state index contributed by atoms with van der Waals surface area (Å²) in [6, 6.07) is 10.8. The molecular weight excluding hydrogens is 172 g/mol. The molecule has 0 radical (unpaired) electrons. The van der Waals surface area contributed by atoms with Gasteiger partial charge in [-0.2, -0.15) is 0 Å². The molecule has 0 bridgehead atoms. The monoisotopic (exact) mass is 190 g/mol. The van der Waals surface area contributed by atoms with Crippen LogP contribution in [0.25, 0.3) is 0 Å². The highest BCUT2D eigenvalue weighted by Crippen LogP contribution is 2.13. The second-order valence-electron chi connectivity index (χ2n) is 3.96. The van der Waals surface area contributed by atoms with E-state index in [9.17, 15) is 0 Å². The summed E-state index contributed by atoms with van der Waals surface area (Å²) in [5, 5.41) is 3.07. The average molecular weight is 190 g/mol. The van der Waals surface area contributed by atoms with Gasteiger partial charge in [0.05, 0.1) is 0 Å². The van der Waals surface area contributed by atoms with Crippen LogP contribution in [0.1, 0.15) is 13.8 Å². The van der Waals surface area contributed by atoms with E-state index < -0.39 is 8.07 Å². The summed E-state index contributed by atoms with van der Waals surface area (Å²) in [7, 11) is -1.32. The van der Waals surface area contributed by atoms with Gasteiger partial charge in [0.15, 0.2) is 0 Å². The molecule has 0 heterocycles. The lowest BCUT2D eigenvalue weighted by Gasteiger charge is -2.23. The van der Waals surface area contributed by atoms with E-state index in [1.807, 2.05) is 0 Å². The molecule has 1 heteroatoms. The van der Waals surface area contributed by atoms with Gasteiger partial charge in [0.1, 0.15) is 8.07 Å². The predicted molar refractivity (Wildman–Crippen MR) is 63.0 cm³/mol. The fourth-order valence-corrected chi connectivity index (χ4v) is 3.65. The normalized spacial score (nSPS) is 13.1. The van der Waals surface area contributed by atoms with E-state index in [2.05, 4.69) is 63.3 Å². The van der Waals surface area contributed by atoms with Crippen molar-refractivity contribution in [1.29, 1.82) is 0 Å². The molecular formula is C12H18Si. The van der Waals surface area contributed by atoms with Crippen LogP contribution in [0.5, 0.6) is 0 Å². The van der Waals surface area contributed by atoms with E-state index >= 15 is 0 Å². The fraction of sp³-hybridized carbons (Fsp3) is 0.333. The van der Waals surface area contributed by atoms with Gasteiger partial charge in [-0.05, 0) is 13.8 Å². The molecule has 0 aliphatic carbocycles. The SMILES string of the molecule is CC=C(C)[Si](C)(C)c1ccccc1. The Morgan fingerprint density at radius 3 is 2.15 bits per heavy atom. The minimum Gasteiger partial charge on any atom is -0.0922 e. The Labute approximate surface area is 82.3 Å². The van der Waals surface area contributed by atoms with Gasteiger partial charge in [-0.1, -0.05) is 59.9 Å². The topological polar surface area (TPSA) is 0 Å². The molecule has 0 aromatic heterocycles. The van der Waals surface area contributed by atoms with Crippen LogP contribution in [0.3, 0.4) is 0 Å². The Morgan fingerprint density at radius 2 is 1.69 bits per heavy atom. The van der Waals surface area contributed by atoms with Crippen LogP contribution in [0.2, 0.25) is 13.1 Å². The second-order valence-corrected chi connectivity index (χ2v) is 8.58. The third-order valence-corrected chi connectivity index (χ3v) is 6.95. The van der Waals surface area contributed by atoms with Crippen molar-refractivity contribution in [2.24, 2.45) is 0 Å². The van der Waals surface area contributed by atoms with Crippen LogP contribution >= 0.6 is 0 Å². The predicted octanol–water partition coefficient (Wildman–Crippen LogP) is 3.11. The summed E-state index contributed by atoms with van der Waals surface area (Å²) in [5.74, 6) is 0. The average Bonchev–Trinajstić information content (AvgIpc) is 2.18. The highest BCUT2D eigenvalue weighted by atomic mass is 28.3. The number of benzene rings is 1. The molecule has 0 spiro atoms. The molecule has 1 aromatic rings. The summed E-state index contributed by atoms with van der Waals surface area (Å²) in [4.78, 5) is 0. The summed E-state index contributed by atoms with van der Waals surface area (Å²) in [5.41, 5.74) is 0. The zero-order valence-electron chi connectivity index (χ0n) is 8.96. The van der Waals surface area contributed by atoms with Crippen molar-refractivity contribution in [3.05, 3.63) is 41.6 Å². The second kappa shape index (κ2) is 3.92. The molecule has 0 unspecified atom stereocenters. The molecule has 0 saturated carbocycles. The van der Waals surface area contributed by atoms with Crippen molar-refractivity contribution in [3.63, 3.8) is 0 Å². The molecule has 0 saturated heterocycles. The molecule has 1 aromatic carbocycles. The Balaban J connectivity index is 3.08. The number of rotatable bonds is 2. The third-order valence-electron chi connectivity index (χ3n) is 2.91. The van der Waals surface area contributed by atoms with Crippen molar-refractivity contribution in [2.45, 2.75) is 26.9 Å². The zero-order chi connectivity index (χ0) is 9.90. The number of hydrogen-bond acceptors (Lipinski definition) is 0. The highest BCUT2D eigenvalue weighted by Gasteiger charge is 2.24. The van der Waals surface area contributed by atoms with Gasteiger partial charge < -0.3 is 0 Å². The molecule has 70 valence electrons. The van der Waals surface area contributed by atoms with Crippen LogP contribution in [0.4, 0.5) is 0 Å². The van der Waals surface area contributed by atoms with Crippen LogP contribution in [-0.4, -0.2) is 8.07 Å². The molecule has 0 aliphatic rings. The minimum absolute atomic E-state index is 1.32. The van der Waals surface area contributed by atoms with E-state index in [1.165, 1.54) is 5.19 Å². The first-order valence-electron chi connectivity index (χ1n) is 4.78. The summed E-state index contributed by atoms with van der Waals surface area (Å²) < 4.78 is 0. The molecule has 13 heavy (non-hydrogen) atoms. The molecule has 0 amide bonds. The van der Waals surface area contributed by atoms with Crippen molar-refractivity contribution >= 4 is 13.3 Å². The van der Waals surface area contributed by atoms with Gasteiger partial charge in [0.2, 0.25) is 0 Å². The van der Waals surface area contributed by atoms with Crippen LogP contribution in [-0.2, 0) is 0 Å². The number of allylic oxidation sites excluding steroid dienone is 2. The smallest absolute Gasteiger partial charge is 0.0922 e. The van der Waals surface area contributed by atoms with E-state index in [0.717, 1.165) is 0 Å². The van der Waals surface area contributed by atoms with Gasteiger partial charge >= 0.3 is 0 Å². The maximum absolute atomic E-state index is 2.40. The lowest BCUT2D eigenvalue weighted by Crippen LogP contribution is -2.42. The Hall–Kier alpha value is -0.823. The fourth-order valence-electron chi connectivity index (χ4n) is 1.44. The highest BCUT2D eigenvalue weighted by molar-refractivity contribution is 6.95. The minimum atomic E-state index is -1.32. The molecule has 0 fully saturated rings. The molecule has 0 N–H and O–H groups in total. The van der Waals surface area contributed by atoms with Gasteiger partial charge in [-0.3, -0.25) is 0 Å². The number of hydrogen-bond donors (Lipinski definition) is 0. The van der Waals surface area contributed by atoms with Crippen molar-refractivity contribution in [3.8, 4) is 0 Å². The van der Waals surface area contributed by atoms with Gasteiger partial charge in [0, 0.05) is 0 Å². The molecule has 0 aliphatic heterocycles. The third kappa shape index (κ3) is 2.10. The summed E-state index contributed by atoms with van der Waals surface area (Å²) in [6.07, 6.45) is 2.25. The first-order valence-corrected chi connectivity index (χ1v) is 7.78.